The van der Waals surface area contributed by atoms with E-state index in [1.165, 1.54) is 16.3 Å². The van der Waals surface area contributed by atoms with Gasteiger partial charge < -0.3 is 14.8 Å². The number of anilines is 1. The molecule has 3 aromatic rings. The fourth-order valence-electron chi connectivity index (χ4n) is 2.59. The number of hydrogen-bond acceptors (Lipinski definition) is 3. The first-order chi connectivity index (χ1) is 10.8. The number of nitrogens with one attached hydrogen (secondary N) is 1. The lowest BCUT2D eigenvalue weighted by atomic mass is 10.0. The van der Waals surface area contributed by atoms with Crippen LogP contribution in [0.1, 0.15) is 5.56 Å². The van der Waals surface area contributed by atoms with Crippen molar-refractivity contribution in [1.29, 1.82) is 0 Å². The molecule has 1 N–H and O–H groups in total. The van der Waals surface area contributed by atoms with E-state index >= 15 is 0 Å². The summed E-state index contributed by atoms with van der Waals surface area (Å²) in [4.78, 5) is 0. The van der Waals surface area contributed by atoms with E-state index in [1.54, 1.807) is 14.2 Å². The maximum atomic E-state index is 5.40. The molecule has 0 aromatic heterocycles. The fourth-order valence-corrected chi connectivity index (χ4v) is 2.59. The van der Waals surface area contributed by atoms with E-state index in [4.69, 9.17) is 9.47 Å². The summed E-state index contributed by atoms with van der Waals surface area (Å²) >= 11 is 0. The summed E-state index contributed by atoms with van der Waals surface area (Å²) in [5.41, 5.74) is 2.18. The first kappa shape index (κ1) is 14.3. The molecule has 3 heteroatoms. The minimum absolute atomic E-state index is 0.727. The van der Waals surface area contributed by atoms with E-state index in [9.17, 15) is 0 Å². The zero-order chi connectivity index (χ0) is 15.4. The standard InChI is InChI=1S/C19H19NO2/c1-21-16-10-11-19(22-2)18(12-16)20-13-15-8-5-7-14-6-3-4-9-17(14)15/h3-12,20H,13H2,1-2H3. The van der Waals surface area contributed by atoms with Crippen molar-refractivity contribution >= 4 is 16.5 Å². The molecule has 3 rings (SSSR count). The minimum Gasteiger partial charge on any atom is -0.497 e. The Balaban J connectivity index is 1.88. The van der Waals surface area contributed by atoms with Crippen LogP contribution in [0.5, 0.6) is 11.5 Å². The second-order valence-corrected chi connectivity index (χ2v) is 5.06. The van der Waals surface area contributed by atoms with Crippen LogP contribution < -0.4 is 14.8 Å². The van der Waals surface area contributed by atoms with Crippen LogP contribution in [0.15, 0.2) is 60.7 Å². The highest BCUT2D eigenvalue weighted by Gasteiger charge is 2.06. The molecule has 0 atom stereocenters. The molecule has 22 heavy (non-hydrogen) atoms. The lowest BCUT2D eigenvalue weighted by Crippen LogP contribution is -2.02. The van der Waals surface area contributed by atoms with Crippen LogP contribution in [0, 0.1) is 0 Å². The quantitative estimate of drug-likeness (QED) is 0.753. The van der Waals surface area contributed by atoms with Gasteiger partial charge in [-0.05, 0) is 28.5 Å². The summed E-state index contributed by atoms with van der Waals surface area (Å²) in [5, 5.41) is 5.96. The number of hydrogen-bond donors (Lipinski definition) is 1. The van der Waals surface area contributed by atoms with Gasteiger partial charge in [-0.25, -0.2) is 0 Å². The number of ether oxygens (including phenoxy) is 2. The van der Waals surface area contributed by atoms with Crippen molar-refractivity contribution in [3.8, 4) is 11.5 Å². The normalized spacial score (nSPS) is 10.5. The van der Waals surface area contributed by atoms with Crippen molar-refractivity contribution in [1.82, 2.24) is 0 Å². The fraction of sp³-hybridized carbons (Fsp3) is 0.158. The smallest absolute Gasteiger partial charge is 0.142 e. The van der Waals surface area contributed by atoms with E-state index in [0.29, 0.717) is 0 Å². The van der Waals surface area contributed by atoms with E-state index in [1.807, 2.05) is 18.2 Å². The molecule has 0 aliphatic heterocycles. The maximum absolute atomic E-state index is 5.40. The third-order valence-electron chi connectivity index (χ3n) is 3.76. The highest BCUT2D eigenvalue weighted by Crippen LogP contribution is 2.30. The van der Waals surface area contributed by atoms with E-state index in [0.717, 1.165) is 23.7 Å². The largest absolute Gasteiger partial charge is 0.497 e. The van der Waals surface area contributed by atoms with Crippen LogP contribution in [0.2, 0.25) is 0 Å². The molecule has 0 aliphatic carbocycles. The predicted molar refractivity (Wildman–Crippen MR) is 90.8 cm³/mol. The van der Waals surface area contributed by atoms with Crippen LogP contribution in [0.25, 0.3) is 10.8 Å². The van der Waals surface area contributed by atoms with Crippen LogP contribution in [-0.2, 0) is 6.54 Å². The van der Waals surface area contributed by atoms with Gasteiger partial charge in [0.15, 0.2) is 0 Å². The number of fused-ring (bicyclic) bond motifs is 1. The van der Waals surface area contributed by atoms with Crippen LogP contribution in [0.4, 0.5) is 5.69 Å². The average molecular weight is 293 g/mol. The molecule has 0 fully saturated rings. The molecule has 112 valence electrons. The molecule has 0 unspecified atom stereocenters. The molecule has 0 saturated heterocycles. The second-order valence-electron chi connectivity index (χ2n) is 5.06. The lowest BCUT2D eigenvalue weighted by Gasteiger charge is -2.13. The number of methoxy groups -OCH3 is 2. The topological polar surface area (TPSA) is 30.5 Å². The number of benzene rings is 3. The molecular weight excluding hydrogens is 274 g/mol. The van der Waals surface area contributed by atoms with E-state index < -0.39 is 0 Å². The molecular formula is C19H19NO2. The highest BCUT2D eigenvalue weighted by molar-refractivity contribution is 5.85. The third-order valence-corrected chi connectivity index (χ3v) is 3.76. The van der Waals surface area contributed by atoms with Gasteiger partial charge >= 0.3 is 0 Å². The molecule has 0 bridgehead atoms. The van der Waals surface area contributed by atoms with Crippen LogP contribution in [0.3, 0.4) is 0 Å². The van der Waals surface area contributed by atoms with Crippen LogP contribution in [-0.4, -0.2) is 14.2 Å². The summed E-state index contributed by atoms with van der Waals surface area (Å²) in [6, 6.07) is 20.5. The van der Waals surface area contributed by atoms with Crippen molar-refractivity contribution in [3.05, 3.63) is 66.2 Å². The number of rotatable bonds is 5. The van der Waals surface area contributed by atoms with Crippen molar-refractivity contribution in [2.45, 2.75) is 6.54 Å². The molecule has 0 saturated carbocycles. The highest BCUT2D eigenvalue weighted by atomic mass is 16.5. The summed E-state index contributed by atoms with van der Waals surface area (Å²) < 4.78 is 10.7. The summed E-state index contributed by atoms with van der Waals surface area (Å²) in [7, 11) is 3.33. The Morgan fingerprint density at radius 2 is 1.68 bits per heavy atom. The van der Waals surface area contributed by atoms with Gasteiger partial charge in [-0.2, -0.15) is 0 Å². The predicted octanol–water partition coefficient (Wildman–Crippen LogP) is 4.47. The van der Waals surface area contributed by atoms with Crippen molar-refractivity contribution < 1.29 is 9.47 Å². The molecule has 3 nitrogen and oxygen atoms in total. The Labute approximate surface area is 130 Å². The maximum Gasteiger partial charge on any atom is 0.142 e. The molecule has 0 spiro atoms. The zero-order valence-corrected chi connectivity index (χ0v) is 12.8. The van der Waals surface area contributed by atoms with Crippen LogP contribution >= 0.6 is 0 Å². The van der Waals surface area contributed by atoms with Gasteiger partial charge in [0.25, 0.3) is 0 Å². The summed E-state index contributed by atoms with van der Waals surface area (Å²) in [6.07, 6.45) is 0. The van der Waals surface area contributed by atoms with Crippen molar-refractivity contribution in [2.24, 2.45) is 0 Å². The van der Waals surface area contributed by atoms with E-state index in [2.05, 4.69) is 47.8 Å². The van der Waals surface area contributed by atoms with Crippen molar-refractivity contribution in [2.75, 3.05) is 19.5 Å². The van der Waals surface area contributed by atoms with Crippen molar-refractivity contribution in [3.63, 3.8) is 0 Å². The van der Waals surface area contributed by atoms with Gasteiger partial charge in [0.1, 0.15) is 11.5 Å². The molecule has 0 amide bonds. The molecule has 0 heterocycles. The third kappa shape index (κ3) is 2.84. The van der Waals surface area contributed by atoms with Gasteiger partial charge in [-0.3, -0.25) is 0 Å². The Morgan fingerprint density at radius 3 is 2.50 bits per heavy atom. The Bertz CT molecular complexity index is 778. The minimum atomic E-state index is 0.727. The summed E-state index contributed by atoms with van der Waals surface area (Å²) in [5.74, 6) is 1.61. The lowest BCUT2D eigenvalue weighted by molar-refractivity contribution is 0.404. The molecule has 0 radical (unpaired) electrons. The van der Waals surface area contributed by atoms with Gasteiger partial charge in [-0.15, -0.1) is 0 Å². The van der Waals surface area contributed by atoms with Gasteiger partial charge in [0, 0.05) is 12.6 Å². The first-order valence-electron chi connectivity index (χ1n) is 7.24. The Kier molecular flexibility index (Phi) is 4.15. The monoisotopic (exact) mass is 293 g/mol. The SMILES string of the molecule is COc1ccc(OC)c(NCc2cccc3ccccc23)c1. The average Bonchev–Trinajstić information content (AvgIpc) is 2.59. The second kappa shape index (κ2) is 6.39. The Hall–Kier alpha value is -2.68. The van der Waals surface area contributed by atoms with Gasteiger partial charge in [0.2, 0.25) is 0 Å². The molecule has 3 aromatic carbocycles. The molecule has 0 aliphatic rings. The van der Waals surface area contributed by atoms with E-state index in [-0.39, 0.29) is 0 Å². The Morgan fingerprint density at radius 1 is 0.864 bits per heavy atom. The van der Waals surface area contributed by atoms with Gasteiger partial charge in [0.05, 0.1) is 19.9 Å². The van der Waals surface area contributed by atoms with Gasteiger partial charge in [-0.1, -0.05) is 42.5 Å². The summed E-state index contributed by atoms with van der Waals surface area (Å²) in [6.45, 7) is 0.727. The first-order valence-corrected chi connectivity index (χ1v) is 7.24. The zero-order valence-electron chi connectivity index (χ0n) is 12.8.